The monoisotopic (exact) mass is 241 g/mol. The number of hydrogen-bond acceptors (Lipinski definition) is 2. The fraction of sp³-hybridized carbons (Fsp3) is 0.417. The zero-order chi connectivity index (χ0) is 12.0. The van der Waals surface area contributed by atoms with Crippen molar-refractivity contribution in [3.8, 4) is 0 Å². The summed E-state index contributed by atoms with van der Waals surface area (Å²) in [6.07, 6.45) is 0.762. The van der Waals surface area contributed by atoms with Crippen LogP contribution in [-0.4, -0.2) is 19.6 Å². The Morgan fingerprint density at radius 1 is 1.44 bits per heavy atom. The van der Waals surface area contributed by atoms with Crippen molar-refractivity contribution >= 4 is 17.6 Å². The predicted octanol–water partition coefficient (Wildman–Crippen LogP) is -0.115. The van der Waals surface area contributed by atoms with Gasteiger partial charge in [-0.3, -0.25) is 0 Å². The first kappa shape index (κ1) is 13.0. The van der Waals surface area contributed by atoms with Gasteiger partial charge in [0.05, 0.1) is 13.6 Å². The van der Waals surface area contributed by atoms with Crippen molar-refractivity contribution < 1.29 is 14.8 Å². The molecule has 4 heteroatoms. The van der Waals surface area contributed by atoms with Crippen molar-refractivity contribution in [1.82, 2.24) is 0 Å². The van der Waals surface area contributed by atoms with Crippen LogP contribution in [0.15, 0.2) is 24.3 Å². The van der Waals surface area contributed by atoms with Crippen molar-refractivity contribution in [3.05, 3.63) is 34.9 Å². The quantitative estimate of drug-likeness (QED) is 0.755. The molecular weight excluding hydrogens is 226 g/mol. The van der Waals surface area contributed by atoms with Crippen LogP contribution in [0.4, 0.5) is 0 Å². The molecule has 0 saturated heterocycles. The van der Waals surface area contributed by atoms with E-state index in [1.807, 2.05) is 31.3 Å². The first-order valence-electron chi connectivity index (χ1n) is 5.34. The van der Waals surface area contributed by atoms with Crippen LogP contribution >= 0.6 is 11.6 Å². The highest BCUT2D eigenvalue weighted by Crippen LogP contribution is 2.13. The van der Waals surface area contributed by atoms with Gasteiger partial charge in [0.2, 0.25) is 0 Å². The average Bonchev–Trinajstić information content (AvgIpc) is 2.21. The number of halogens is 1. The minimum atomic E-state index is -0.981. The number of carbonyl (C=O) groups excluding carboxylic acids is 1. The van der Waals surface area contributed by atoms with E-state index in [2.05, 4.69) is 0 Å². The molecule has 0 bridgehead atoms. The summed E-state index contributed by atoms with van der Waals surface area (Å²) in [6.45, 7) is 1.62. The van der Waals surface area contributed by atoms with E-state index in [0.29, 0.717) is 6.42 Å². The standard InChI is InChI=1S/C12H16ClNO2/c1-14(8-4-7-12(15)16)9-10-5-2-3-6-11(10)13/h2-3,5-6H,4,7-9H2,1H3,(H,15,16). The van der Waals surface area contributed by atoms with E-state index < -0.39 is 5.97 Å². The number of rotatable bonds is 6. The number of carboxylic acids is 1. The molecule has 0 aliphatic heterocycles. The lowest BCUT2D eigenvalue weighted by atomic mass is 10.2. The fourth-order valence-corrected chi connectivity index (χ4v) is 1.79. The molecule has 0 fully saturated rings. The van der Waals surface area contributed by atoms with E-state index in [0.717, 1.165) is 23.7 Å². The summed E-state index contributed by atoms with van der Waals surface area (Å²) in [4.78, 5) is 11.5. The Hall–Kier alpha value is -1.06. The van der Waals surface area contributed by atoms with Crippen LogP contribution in [-0.2, 0) is 11.3 Å². The molecule has 1 unspecified atom stereocenters. The lowest BCUT2D eigenvalue weighted by Crippen LogP contribution is -3.07. The largest absolute Gasteiger partial charge is 0.550 e. The second-order valence-electron chi connectivity index (χ2n) is 3.95. The number of carbonyl (C=O) groups is 1. The summed E-state index contributed by atoms with van der Waals surface area (Å²) < 4.78 is 0. The SMILES string of the molecule is C[NH+](CCCC(=O)[O-])Cc1ccccc1Cl. The van der Waals surface area contributed by atoms with Crippen molar-refractivity contribution in [2.24, 2.45) is 0 Å². The summed E-state index contributed by atoms with van der Waals surface area (Å²) in [6, 6.07) is 7.71. The second-order valence-corrected chi connectivity index (χ2v) is 4.36. The van der Waals surface area contributed by atoms with E-state index >= 15 is 0 Å². The molecule has 0 aliphatic rings. The average molecular weight is 242 g/mol. The zero-order valence-electron chi connectivity index (χ0n) is 9.33. The Balaban J connectivity index is 2.37. The molecular formula is C12H16ClNO2. The summed E-state index contributed by atoms with van der Waals surface area (Å²) >= 11 is 6.04. The molecule has 1 atom stereocenters. The van der Waals surface area contributed by atoms with Crippen LogP contribution < -0.4 is 10.0 Å². The van der Waals surface area contributed by atoms with Gasteiger partial charge in [-0.25, -0.2) is 0 Å². The summed E-state index contributed by atoms with van der Waals surface area (Å²) in [5, 5.41) is 11.0. The molecule has 1 aromatic rings. The molecule has 88 valence electrons. The number of carboxylic acid groups (broad SMARTS) is 1. The third kappa shape index (κ3) is 4.64. The number of aliphatic carboxylic acids is 1. The van der Waals surface area contributed by atoms with E-state index in [9.17, 15) is 9.90 Å². The van der Waals surface area contributed by atoms with Crippen LogP contribution in [0.1, 0.15) is 18.4 Å². The molecule has 1 rings (SSSR count). The summed E-state index contributed by atoms with van der Waals surface area (Å²) in [7, 11) is 2.03. The van der Waals surface area contributed by atoms with Gasteiger partial charge in [-0.2, -0.15) is 0 Å². The van der Waals surface area contributed by atoms with Gasteiger partial charge in [0.1, 0.15) is 6.54 Å². The molecule has 0 aliphatic carbocycles. The van der Waals surface area contributed by atoms with E-state index in [1.165, 1.54) is 4.90 Å². The second kappa shape index (κ2) is 6.51. The van der Waals surface area contributed by atoms with Gasteiger partial charge in [-0.15, -0.1) is 0 Å². The molecule has 0 radical (unpaired) electrons. The van der Waals surface area contributed by atoms with Crippen LogP contribution in [0.2, 0.25) is 5.02 Å². The van der Waals surface area contributed by atoms with E-state index in [1.54, 1.807) is 0 Å². The van der Waals surface area contributed by atoms with Crippen molar-refractivity contribution in [1.29, 1.82) is 0 Å². The Bertz CT molecular complexity index is 355. The van der Waals surface area contributed by atoms with Gasteiger partial charge in [0, 0.05) is 23.0 Å². The number of hydrogen-bond donors (Lipinski definition) is 1. The zero-order valence-corrected chi connectivity index (χ0v) is 10.1. The fourth-order valence-electron chi connectivity index (χ4n) is 1.59. The molecule has 0 spiro atoms. The van der Waals surface area contributed by atoms with Gasteiger partial charge >= 0.3 is 0 Å². The minimum absolute atomic E-state index is 0.125. The van der Waals surface area contributed by atoms with Crippen LogP contribution in [0, 0.1) is 0 Å². The van der Waals surface area contributed by atoms with Gasteiger partial charge in [0.15, 0.2) is 0 Å². The molecule has 1 aromatic carbocycles. The van der Waals surface area contributed by atoms with Crippen LogP contribution in [0.3, 0.4) is 0 Å². The summed E-state index contributed by atoms with van der Waals surface area (Å²) in [5.41, 5.74) is 1.09. The predicted molar refractivity (Wildman–Crippen MR) is 61.2 cm³/mol. The highest BCUT2D eigenvalue weighted by atomic mass is 35.5. The Morgan fingerprint density at radius 2 is 2.12 bits per heavy atom. The normalized spacial score (nSPS) is 12.4. The molecule has 0 amide bonds. The van der Waals surface area contributed by atoms with Gasteiger partial charge in [-0.05, 0) is 12.5 Å². The van der Waals surface area contributed by atoms with E-state index in [4.69, 9.17) is 11.6 Å². The van der Waals surface area contributed by atoms with Gasteiger partial charge < -0.3 is 14.8 Å². The molecule has 0 saturated carbocycles. The number of benzene rings is 1. The smallest absolute Gasteiger partial charge is 0.104 e. The Kier molecular flexibility index (Phi) is 5.29. The number of nitrogens with one attached hydrogen (secondary N) is 1. The van der Waals surface area contributed by atoms with Crippen LogP contribution in [0.5, 0.6) is 0 Å². The van der Waals surface area contributed by atoms with Crippen molar-refractivity contribution in [2.75, 3.05) is 13.6 Å². The Labute approximate surface area is 101 Å². The first-order chi connectivity index (χ1) is 7.59. The summed E-state index contributed by atoms with van der Waals surface area (Å²) in [5.74, 6) is -0.981. The maximum absolute atomic E-state index is 10.3. The third-order valence-corrected chi connectivity index (χ3v) is 2.80. The van der Waals surface area contributed by atoms with Gasteiger partial charge in [0.25, 0.3) is 0 Å². The molecule has 1 N–H and O–H groups in total. The topological polar surface area (TPSA) is 44.6 Å². The molecule has 0 heterocycles. The number of quaternary nitrogens is 1. The van der Waals surface area contributed by atoms with Gasteiger partial charge in [-0.1, -0.05) is 29.8 Å². The minimum Gasteiger partial charge on any atom is -0.550 e. The Morgan fingerprint density at radius 3 is 2.75 bits per heavy atom. The third-order valence-electron chi connectivity index (χ3n) is 2.43. The van der Waals surface area contributed by atoms with E-state index in [-0.39, 0.29) is 6.42 Å². The highest BCUT2D eigenvalue weighted by molar-refractivity contribution is 6.31. The molecule has 0 aromatic heterocycles. The molecule has 16 heavy (non-hydrogen) atoms. The molecule has 3 nitrogen and oxygen atoms in total. The first-order valence-corrected chi connectivity index (χ1v) is 5.72. The lowest BCUT2D eigenvalue weighted by Gasteiger charge is -2.14. The van der Waals surface area contributed by atoms with Crippen molar-refractivity contribution in [3.63, 3.8) is 0 Å². The van der Waals surface area contributed by atoms with Crippen molar-refractivity contribution in [2.45, 2.75) is 19.4 Å². The maximum atomic E-state index is 10.3. The van der Waals surface area contributed by atoms with Crippen LogP contribution in [0.25, 0.3) is 0 Å². The highest BCUT2D eigenvalue weighted by Gasteiger charge is 2.06. The lowest BCUT2D eigenvalue weighted by molar-refractivity contribution is -0.893. The maximum Gasteiger partial charge on any atom is 0.104 e.